The second-order valence-electron chi connectivity index (χ2n) is 5.87. The van der Waals surface area contributed by atoms with Crippen molar-refractivity contribution in [2.75, 3.05) is 6.54 Å². The topological polar surface area (TPSA) is 57.6 Å². The van der Waals surface area contributed by atoms with Crippen LogP contribution in [0.2, 0.25) is 0 Å². The maximum Gasteiger partial charge on any atom is 0.326 e. The summed E-state index contributed by atoms with van der Waals surface area (Å²) in [5.74, 6) is -0.310. The molecule has 1 saturated carbocycles. The fourth-order valence-electron chi connectivity index (χ4n) is 3.71. The SMILES string of the molecule is Cc1ccc(CC(=O)N2CC3CCCC3C2C(=O)O)s1. The van der Waals surface area contributed by atoms with Crippen LogP contribution in [0.3, 0.4) is 0 Å². The molecule has 3 rings (SSSR count). The van der Waals surface area contributed by atoms with Gasteiger partial charge >= 0.3 is 5.97 Å². The second kappa shape index (κ2) is 5.20. The number of rotatable bonds is 3. The Balaban J connectivity index is 1.75. The molecule has 5 heteroatoms. The largest absolute Gasteiger partial charge is 0.480 e. The molecule has 20 heavy (non-hydrogen) atoms. The van der Waals surface area contributed by atoms with E-state index in [4.69, 9.17) is 0 Å². The van der Waals surface area contributed by atoms with Crippen molar-refractivity contribution in [1.29, 1.82) is 0 Å². The average molecular weight is 293 g/mol. The zero-order valence-electron chi connectivity index (χ0n) is 11.5. The van der Waals surface area contributed by atoms with Gasteiger partial charge in [-0.25, -0.2) is 4.79 Å². The average Bonchev–Trinajstić information content (AvgIpc) is 3.02. The summed E-state index contributed by atoms with van der Waals surface area (Å²) in [7, 11) is 0. The van der Waals surface area contributed by atoms with Gasteiger partial charge in [0.2, 0.25) is 5.91 Å². The Morgan fingerprint density at radius 1 is 1.40 bits per heavy atom. The minimum atomic E-state index is -0.838. The Kier molecular flexibility index (Phi) is 3.54. The highest BCUT2D eigenvalue weighted by atomic mass is 32.1. The smallest absolute Gasteiger partial charge is 0.326 e. The van der Waals surface area contributed by atoms with Crippen molar-refractivity contribution < 1.29 is 14.7 Å². The molecule has 4 nitrogen and oxygen atoms in total. The third-order valence-electron chi connectivity index (χ3n) is 4.59. The molecule has 1 aromatic rings. The molecule has 1 aromatic heterocycles. The van der Waals surface area contributed by atoms with Gasteiger partial charge in [0.1, 0.15) is 6.04 Å². The number of hydrogen-bond acceptors (Lipinski definition) is 3. The second-order valence-corrected chi connectivity index (χ2v) is 7.25. The van der Waals surface area contributed by atoms with Gasteiger partial charge < -0.3 is 10.0 Å². The summed E-state index contributed by atoms with van der Waals surface area (Å²) in [6.45, 7) is 2.64. The van der Waals surface area contributed by atoms with Crippen molar-refractivity contribution in [2.45, 2.75) is 38.6 Å². The zero-order valence-corrected chi connectivity index (χ0v) is 12.4. The lowest BCUT2D eigenvalue weighted by Gasteiger charge is -2.24. The lowest BCUT2D eigenvalue weighted by molar-refractivity contribution is -0.149. The number of carbonyl (C=O) groups is 2. The minimum Gasteiger partial charge on any atom is -0.480 e. The maximum atomic E-state index is 12.4. The maximum absolute atomic E-state index is 12.4. The van der Waals surface area contributed by atoms with Gasteiger partial charge in [-0.3, -0.25) is 4.79 Å². The normalized spacial score (nSPS) is 28.6. The highest BCUT2D eigenvalue weighted by Gasteiger charge is 2.49. The first-order valence-corrected chi connectivity index (χ1v) is 7.95. The summed E-state index contributed by atoms with van der Waals surface area (Å²) >= 11 is 1.61. The van der Waals surface area contributed by atoms with Crippen molar-refractivity contribution in [3.63, 3.8) is 0 Å². The molecule has 0 bridgehead atoms. The van der Waals surface area contributed by atoms with Crippen LogP contribution in [-0.4, -0.2) is 34.5 Å². The van der Waals surface area contributed by atoms with Crippen LogP contribution in [0.1, 0.15) is 29.0 Å². The van der Waals surface area contributed by atoms with E-state index < -0.39 is 12.0 Å². The van der Waals surface area contributed by atoms with Crippen molar-refractivity contribution in [2.24, 2.45) is 11.8 Å². The Morgan fingerprint density at radius 3 is 2.85 bits per heavy atom. The van der Waals surface area contributed by atoms with E-state index in [1.807, 2.05) is 19.1 Å². The third-order valence-corrected chi connectivity index (χ3v) is 5.59. The number of carbonyl (C=O) groups excluding carboxylic acids is 1. The van der Waals surface area contributed by atoms with E-state index >= 15 is 0 Å². The number of nitrogens with zero attached hydrogens (tertiary/aromatic N) is 1. The Labute approximate surface area is 122 Å². The van der Waals surface area contributed by atoms with E-state index in [2.05, 4.69) is 0 Å². The van der Waals surface area contributed by atoms with E-state index in [0.717, 1.165) is 24.1 Å². The van der Waals surface area contributed by atoms with E-state index in [1.165, 1.54) is 4.88 Å². The fourth-order valence-corrected chi connectivity index (χ4v) is 4.59. The third kappa shape index (κ3) is 2.35. The Hall–Kier alpha value is -1.36. The molecule has 1 saturated heterocycles. The summed E-state index contributed by atoms with van der Waals surface area (Å²) in [5, 5.41) is 9.46. The van der Waals surface area contributed by atoms with Gasteiger partial charge in [-0.05, 0) is 43.7 Å². The van der Waals surface area contributed by atoms with Gasteiger partial charge in [0.15, 0.2) is 0 Å². The molecule has 3 atom stereocenters. The molecule has 1 aliphatic carbocycles. The molecule has 3 unspecified atom stereocenters. The highest BCUT2D eigenvalue weighted by Crippen LogP contribution is 2.42. The minimum absolute atomic E-state index is 0.0337. The number of aliphatic carboxylic acids is 1. The lowest BCUT2D eigenvalue weighted by atomic mass is 9.94. The summed E-state index contributed by atoms with van der Waals surface area (Å²) in [6.07, 6.45) is 3.45. The summed E-state index contributed by atoms with van der Waals surface area (Å²) < 4.78 is 0. The number of likely N-dealkylation sites (tertiary alicyclic amines) is 1. The molecule has 1 N–H and O–H groups in total. The van der Waals surface area contributed by atoms with Crippen LogP contribution in [-0.2, 0) is 16.0 Å². The number of aryl methyl sites for hydroxylation is 1. The fraction of sp³-hybridized carbons (Fsp3) is 0.600. The van der Waals surface area contributed by atoms with Crippen LogP contribution in [0.15, 0.2) is 12.1 Å². The van der Waals surface area contributed by atoms with Crippen molar-refractivity contribution >= 4 is 23.2 Å². The van der Waals surface area contributed by atoms with Gasteiger partial charge in [-0.2, -0.15) is 0 Å². The quantitative estimate of drug-likeness (QED) is 0.930. The first-order chi connectivity index (χ1) is 9.56. The predicted molar refractivity (Wildman–Crippen MR) is 76.7 cm³/mol. The Morgan fingerprint density at radius 2 is 2.20 bits per heavy atom. The molecule has 2 heterocycles. The summed E-state index contributed by atoms with van der Waals surface area (Å²) in [5.41, 5.74) is 0. The van der Waals surface area contributed by atoms with Crippen LogP contribution in [0.4, 0.5) is 0 Å². The molecule has 0 spiro atoms. The standard InChI is InChI=1S/C15H19NO3S/c1-9-5-6-11(20-9)7-13(17)16-8-10-3-2-4-12(10)14(16)15(18)19/h5-6,10,12,14H,2-4,7-8H2,1H3,(H,18,19). The number of carboxylic acid groups (broad SMARTS) is 1. The first-order valence-electron chi connectivity index (χ1n) is 7.14. The molecule has 2 fully saturated rings. The van der Waals surface area contributed by atoms with Gasteiger partial charge in [0.25, 0.3) is 0 Å². The van der Waals surface area contributed by atoms with Crippen LogP contribution in [0, 0.1) is 18.8 Å². The molecule has 1 aliphatic heterocycles. The van der Waals surface area contributed by atoms with Crippen LogP contribution in [0.5, 0.6) is 0 Å². The predicted octanol–water partition coefficient (Wildman–Crippen LogP) is 2.31. The molecule has 108 valence electrons. The molecule has 0 radical (unpaired) electrons. The Bertz CT molecular complexity index is 539. The zero-order chi connectivity index (χ0) is 14.3. The van der Waals surface area contributed by atoms with E-state index in [-0.39, 0.29) is 11.8 Å². The molecular weight excluding hydrogens is 274 g/mol. The van der Waals surface area contributed by atoms with Crippen LogP contribution in [0.25, 0.3) is 0 Å². The van der Waals surface area contributed by atoms with Gasteiger partial charge in [0, 0.05) is 16.3 Å². The van der Waals surface area contributed by atoms with Gasteiger partial charge in [0.05, 0.1) is 6.42 Å². The van der Waals surface area contributed by atoms with Crippen molar-refractivity contribution in [3.05, 3.63) is 21.9 Å². The molecule has 2 aliphatic rings. The molecule has 1 amide bonds. The number of fused-ring (bicyclic) bond motifs is 1. The van der Waals surface area contributed by atoms with Crippen LogP contribution >= 0.6 is 11.3 Å². The van der Waals surface area contributed by atoms with Crippen LogP contribution < -0.4 is 0 Å². The molecule has 0 aromatic carbocycles. The van der Waals surface area contributed by atoms with Crippen molar-refractivity contribution in [1.82, 2.24) is 4.90 Å². The monoisotopic (exact) mass is 293 g/mol. The number of amides is 1. The summed E-state index contributed by atoms with van der Waals surface area (Å²) in [4.78, 5) is 27.8. The first kappa shape index (κ1) is 13.6. The van der Waals surface area contributed by atoms with Crippen molar-refractivity contribution in [3.8, 4) is 0 Å². The lowest BCUT2D eigenvalue weighted by Crippen LogP contribution is -2.43. The van der Waals surface area contributed by atoms with E-state index in [1.54, 1.807) is 16.2 Å². The van der Waals surface area contributed by atoms with Gasteiger partial charge in [-0.15, -0.1) is 11.3 Å². The highest BCUT2D eigenvalue weighted by molar-refractivity contribution is 7.12. The van der Waals surface area contributed by atoms with E-state index in [0.29, 0.717) is 18.9 Å². The van der Waals surface area contributed by atoms with Gasteiger partial charge in [-0.1, -0.05) is 6.42 Å². The van der Waals surface area contributed by atoms with E-state index in [9.17, 15) is 14.7 Å². The number of carboxylic acids is 1. The summed E-state index contributed by atoms with van der Waals surface area (Å²) in [6, 6.07) is 3.36. The number of hydrogen-bond donors (Lipinski definition) is 1. The number of thiophene rings is 1. The molecular formula is C15H19NO3S.